The summed E-state index contributed by atoms with van der Waals surface area (Å²) in [6.07, 6.45) is 3.66. The van der Waals surface area contributed by atoms with Gasteiger partial charge in [0.05, 0.1) is 0 Å². The van der Waals surface area contributed by atoms with Gasteiger partial charge in [0.15, 0.2) is 0 Å². The minimum Gasteiger partial charge on any atom is -0.354 e. The molecule has 0 aliphatic heterocycles. The number of aryl methyl sites for hydroxylation is 1. The summed E-state index contributed by atoms with van der Waals surface area (Å²) in [6, 6.07) is 12.6. The van der Waals surface area contributed by atoms with Crippen LogP contribution in [0.25, 0.3) is 22.2 Å². The van der Waals surface area contributed by atoms with Crippen LogP contribution in [0.1, 0.15) is 5.56 Å². The van der Waals surface area contributed by atoms with Crippen molar-refractivity contribution in [3.63, 3.8) is 0 Å². The second kappa shape index (κ2) is 3.49. The smallest absolute Gasteiger partial charge is 0.0480 e. The first kappa shape index (κ1) is 9.16. The molecule has 0 saturated heterocycles. The molecule has 0 aliphatic carbocycles. The average molecular weight is 208 g/mol. The third-order valence-corrected chi connectivity index (χ3v) is 2.75. The molecule has 0 atom stereocenters. The Hall–Kier alpha value is -2.09. The molecule has 78 valence electrons. The highest BCUT2D eigenvalue weighted by Crippen LogP contribution is 2.23. The SMILES string of the molecule is Cc1ccc2[nH]c(-c3cccnc3)cc2c1. The van der Waals surface area contributed by atoms with Crippen LogP contribution in [0.15, 0.2) is 48.8 Å². The molecule has 0 saturated carbocycles. The number of H-pyrrole nitrogens is 1. The van der Waals surface area contributed by atoms with Gasteiger partial charge >= 0.3 is 0 Å². The average Bonchev–Trinajstić information content (AvgIpc) is 2.73. The molecule has 1 aromatic carbocycles. The van der Waals surface area contributed by atoms with Gasteiger partial charge in [-0.3, -0.25) is 4.98 Å². The van der Waals surface area contributed by atoms with E-state index in [1.165, 1.54) is 16.5 Å². The van der Waals surface area contributed by atoms with Crippen LogP contribution in [-0.2, 0) is 0 Å². The molecule has 0 unspecified atom stereocenters. The number of aromatic nitrogens is 2. The lowest BCUT2D eigenvalue weighted by Gasteiger charge is -1.94. The van der Waals surface area contributed by atoms with Gasteiger partial charge < -0.3 is 4.98 Å². The lowest BCUT2D eigenvalue weighted by Crippen LogP contribution is -1.77. The van der Waals surface area contributed by atoms with E-state index in [1.54, 1.807) is 6.20 Å². The number of hydrogen-bond donors (Lipinski definition) is 1. The first-order chi connectivity index (χ1) is 7.83. The molecule has 1 N–H and O–H groups in total. The third kappa shape index (κ3) is 1.48. The fourth-order valence-corrected chi connectivity index (χ4v) is 1.93. The summed E-state index contributed by atoms with van der Waals surface area (Å²) in [7, 11) is 0. The number of rotatable bonds is 1. The molecule has 2 heterocycles. The summed E-state index contributed by atoms with van der Waals surface area (Å²) in [5.41, 5.74) is 4.69. The van der Waals surface area contributed by atoms with Crippen LogP contribution >= 0.6 is 0 Å². The molecule has 3 aromatic rings. The molecule has 2 nitrogen and oxygen atoms in total. The summed E-state index contributed by atoms with van der Waals surface area (Å²) >= 11 is 0. The van der Waals surface area contributed by atoms with E-state index >= 15 is 0 Å². The number of nitrogens with zero attached hydrogens (tertiary/aromatic N) is 1. The van der Waals surface area contributed by atoms with E-state index in [0.29, 0.717) is 0 Å². The Morgan fingerprint density at radius 3 is 2.88 bits per heavy atom. The quantitative estimate of drug-likeness (QED) is 0.651. The Labute approximate surface area is 94.0 Å². The van der Waals surface area contributed by atoms with E-state index in [4.69, 9.17) is 0 Å². The number of pyridine rings is 1. The second-order valence-electron chi connectivity index (χ2n) is 4.02. The van der Waals surface area contributed by atoms with E-state index in [2.05, 4.69) is 47.2 Å². The Morgan fingerprint density at radius 1 is 1.12 bits per heavy atom. The molecule has 0 spiro atoms. The van der Waals surface area contributed by atoms with Crippen LogP contribution in [0.4, 0.5) is 0 Å². The van der Waals surface area contributed by atoms with Gasteiger partial charge in [-0.25, -0.2) is 0 Å². The van der Waals surface area contributed by atoms with Gasteiger partial charge in [0.1, 0.15) is 0 Å². The largest absolute Gasteiger partial charge is 0.354 e. The van der Waals surface area contributed by atoms with Crippen LogP contribution in [0, 0.1) is 6.92 Å². The molecule has 2 heteroatoms. The van der Waals surface area contributed by atoms with Crippen LogP contribution in [0.2, 0.25) is 0 Å². The van der Waals surface area contributed by atoms with Crippen LogP contribution in [-0.4, -0.2) is 9.97 Å². The Morgan fingerprint density at radius 2 is 2.06 bits per heavy atom. The summed E-state index contributed by atoms with van der Waals surface area (Å²) in [5, 5.41) is 1.25. The topological polar surface area (TPSA) is 28.7 Å². The first-order valence-electron chi connectivity index (χ1n) is 5.33. The highest BCUT2D eigenvalue weighted by Gasteiger charge is 2.02. The van der Waals surface area contributed by atoms with Crippen LogP contribution in [0.5, 0.6) is 0 Å². The Balaban J connectivity index is 2.19. The molecular weight excluding hydrogens is 196 g/mol. The van der Waals surface area contributed by atoms with Crippen molar-refractivity contribution in [1.82, 2.24) is 9.97 Å². The van der Waals surface area contributed by atoms with E-state index in [0.717, 1.165) is 11.3 Å². The third-order valence-electron chi connectivity index (χ3n) is 2.75. The lowest BCUT2D eigenvalue weighted by atomic mass is 10.1. The highest BCUT2D eigenvalue weighted by molar-refractivity contribution is 5.86. The molecule has 0 amide bonds. The predicted octanol–water partition coefficient (Wildman–Crippen LogP) is 3.54. The van der Waals surface area contributed by atoms with Crippen molar-refractivity contribution in [2.75, 3.05) is 0 Å². The van der Waals surface area contributed by atoms with Gasteiger partial charge in [0.2, 0.25) is 0 Å². The van der Waals surface area contributed by atoms with Crippen molar-refractivity contribution in [3.05, 3.63) is 54.4 Å². The lowest BCUT2D eigenvalue weighted by molar-refractivity contribution is 1.31. The molecule has 3 rings (SSSR count). The maximum atomic E-state index is 4.13. The Kier molecular flexibility index (Phi) is 2.00. The summed E-state index contributed by atoms with van der Waals surface area (Å²) in [5.74, 6) is 0. The van der Waals surface area contributed by atoms with Crippen molar-refractivity contribution >= 4 is 10.9 Å². The minimum absolute atomic E-state index is 1.12. The van der Waals surface area contributed by atoms with Gasteiger partial charge in [0.25, 0.3) is 0 Å². The van der Waals surface area contributed by atoms with E-state index in [1.807, 2.05) is 12.3 Å². The van der Waals surface area contributed by atoms with Gasteiger partial charge in [0, 0.05) is 34.6 Å². The second-order valence-corrected chi connectivity index (χ2v) is 4.02. The standard InChI is InChI=1S/C14H12N2/c1-10-4-5-13-12(7-10)8-14(16-13)11-3-2-6-15-9-11/h2-9,16H,1H3. The summed E-state index contributed by atoms with van der Waals surface area (Å²) in [6.45, 7) is 2.11. The zero-order chi connectivity index (χ0) is 11.0. The normalized spacial score (nSPS) is 10.8. The van der Waals surface area contributed by atoms with E-state index in [9.17, 15) is 0 Å². The monoisotopic (exact) mass is 208 g/mol. The molecule has 0 fully saturated rings. The van der Waals surface area contributed by atoms with Gasteiger partial charge in [-0.2, -0.15) is 0 Å². The van der Waals surface area contributed by atoms with Crippen LogP contribution in [0.3, 0.4) is 0 Å². The number of aromatic amines is 1. The maximum Gasteiger partial charge on any atom is 0.0480 e. The highest BCUT2D eigenvalue weighted by atomic mass is 14.7. The van der Waals surface area contributed by atoms with E-state index in [-0.39, 0.29) is 0 Å². The van der Waals surface area contributed by atoms with Crippen molar-refractivity contribution < 1.29 is 0 Å². The van der Waals surface area contributed by atoms with Crippen molar-refractivity contribution in [1.29, 1.82) is 0 Å². The molecule has 16 heavy (non-hydrogen) atoms. The predicted molar refractivity (Wildman–Crippen MR) is 66.3 cm³/mol. The van der Waals surface area contributed by atoms with Gasteiger partial charge in [-0.15, -0.1) is 0 Å². The molecule has 0 radical (unpaired) electrons. The molecule has 0 aliphatic rings. The number of benzene rings is 1. The molecule has 2 aromatic heterocycles. The summed E-state index contributed by atoms with van der Waals surface area (Å²) < 4.78 is 0. The molecule has 0 bridgehead atoms. The fraction of sp³-hybridized carbons (Fsp3) is 0.0714. The minimum atomic E-state index is 1.12. The van der Waals surface area contributed by atoms with E-state index < -0.39 is 0 Å². The van der Waals surface area contributed by atoms with Crippen molar-refractivity contribution in [2.24, 2.45) is 0 Å². The zero-order valence-corrected chi connectivity index (χ0v) is 9.07. The zero-order valence-electron chi connectivity index (χ0n) is 9.07. The van der Waals surface area contributed by atoms with Gasteiger partial charge in [-0.05, 0) is 37.3 Å². The number of fused-ring (bicyclic) bond motifs is 1. The van der Waals surface area contributed by atoms with Gasteiger partial charge in [-0.1, -0.05) is 11.6 Å². The first-order valence-corrected chi connectivity index (χ1v) is 5.33. The fourth-order valence-electron chi connectivity index (χ4n) is 1.93. The van der Waals surface area contributed by atoms with Crippen molar-refractivity contribution in [2.45, 2.75) is 6.92 Å². The Bertz CT molecular complexity index is 624. The molecular formula is C14H12N2. The van der Waals surface area contributed by atoms with Crippen LogP contribution < -0.4 is 0 Å². The maximum absolute atomic E-state index is 4.13. The van der Waals surface area contributed by atoms with Crippen molar-refractivity contribution in [3.8, 4) is 11.3 Å². The summed E-state index contributed by atoms with van der Waals surface area (Å²) in [4.78, 5) is 7.53. The number of nitrogens with one attached hydrogen (secondary N) is 1. The number of hydrogen-bond acceptors (Lipinski definition) is 1.